The number of aromatic nitrogens is 1. The van der Waals surface area contributed by atoms with Crippen molar-refractivity contribution in [1.82, 2.24) is 9.88 Å². The van der Waals surface area contributed by atoms with Crippen LogP contribution < -0.4 is 0 Å². The third-order valence-corrected chi connectivity index (χ3v) is 4.89. The lowest BCUT2D eigenvalue weighted by Gasteiger charge is -2.32. The Morgan fingerprint density at radius 2 is 1.78 bits per heavy atom. The highest BCUT2D eigenvalue weighted by molar-refractivity contribution is 5.95. The molecule has 4 rings (SSSR count). The molecule has 1 aliphatic rings. The van der Waals surface area contributed by atoms with Crippen molar-refractivity contribution in [1.29, 1.82) is 0 Å². The minimum absolute atomic E-state index is 0.441. The standard InChI is InChI=1S/C20H22N2O/c1-15(22-11-13-23-14-12-22)16-5-7-17(8-6-16)18-3-2-4-20-19(18)9-10-21-20/h2-10,15,21H,11-14H2,1H3. The Kier molecular flexibility index (Phi) is 3.90. The van der Waals surface area contributed by atoms with Gasteiger partial charge in [0.25, 0.3) is 0 Å². The zero-order valence-corrected chi connectivity index (χ0v) is 13.5. The summed E-state index contributed by atoms with van der Waals surface area (Å²) in [5.41, 5.74) is 5.12. The van der Waals surface area contributed by atoms with Crippen molar-refractivity contribution >= 4 is 10.9 Å². The molecule has 1 atom stereocenters. The van der Waals surface area contributed by atoms with Crippen LogP contribution in [0.15, 0.2) is 54.7 Å². The van der Waals surface area contributed by atoms with Gasteiger partial charge < -0.3 is 9.72 Å². The number of nitrogens with one attached hydrogen (secondary N) is 1. The zero-order chi connectivity index (χ0) is 15.6. The number of benzene rings is 2. The van der Waals surface area contributed by atoms with Crippen molar-refractivity contribution in [3.05, 3.63) is 60.3 Å². The summed E-state index contributed by atoms with van der Waals surface area (Å²) in [6.45, 7) is 6.01. The molecule has 118 valence electrons. The van der Waals surface area contributed by atoms with Crippen molar-refractivity contribution in [2.75, 3.05) is 26.3 Å². The first-order chi connectivity index (χ1) is 11.3. The SMILES string of the molecule is CC(c1ccc(-c2cccc3[nH]ccc23)cc1)N1CCOCC1. The third-order valence-electron chi connectivity index (χ3n) is 4.89. The molecule has 1 saturated heterocycles. The van der Waals surface area contributed by atoms with Gasteiger partial charge in [0.15, 0.2) is 0 Å². The fraction of sp³-hybridized carbons (Fsp3) is 0.300. The van der Waals surface area contributed by atoms with Crippen LogP contribution in [0, 0.1) is 0 Å². The summed E-state index contributed by atoms with van der Waals surface area (Å²) in [7, 11) is 0. The number of hydrogen-bond acceptors (Lipinski definition) is 2. The number of H-pyrrole nitrogens is 1. The van der Waals surface area contributed by atoms with Crippen LogP contribution in [0.25, 0.3) is 22.0 Å². The molecule has 3 heteroatoms. The maximum absolute atomic E-state index is 5.45. The van der Waals surface area contributed by atoms with Crippen LogP contribution in [0.3, 0.4) is 0 Å². The molecule has 1 fully saturated rings. The van der Waals surface area contributed by atoms with Crippen molar-refractivity contribution in [3.8, 4) is 11.1 Å². The Morgan fingerprint density at radius 1 is 1.00 bits per heavy atom. The molecule has 2 heterocycles. The van der Waals surface area contributed by atoms with Crippen LogP contribution in [-0.2, 0) is 4.74 Å². The van der Waals surface area contributed by atoms with E-state index in [1.54, 1.807) is 0 Å². The van der Waals surface area contributed by atoms with Gasteiger partial charge in [-0.1, -0.05) is 36.4 Å². The molecule has 23 heavy (non-hydrogen) atoms. The molecular weight excluding hydrogens is 284 g/mol. The molecule has 0 bridgehead atoms. The monoisotopic (exact) mass is 306 g/mol. The fourth-order valence-electron chi connectivity index (χ4n) is 3.45. The highest BCUT2D eigenvalue weighted by atomic mass is 16.5. The number of aromatic amines is 1. The summed E-state index contributed by atoms with van der Waals surface area (Å²) in [5, 5.41) is 1.28. The van der Waals surface area contributed by atoms with Crippen molar-refractivity contribution in [2.24, 2.45) is 0 Å². The van der Waals surface area contributed by atoms with Gasteiger partial charge in [0, 0.05) is 36.2 Å². The highest BCUT2D eigenvalue weighted by Gasteiger charge is 2.18. The average molecular weight is 306 g/mol. The van der Waals surface area contributed by atoms with E-state index in [-0.39, 0.29) is 0 Å². The number of ether oxygens (including phenoxy) is 1. The Bertz CT molecular complexity index is 785. The molecule has 0 saturated carbocycles. The Hall–Kier alpha value is -2.10. The molecule has 0 radical (unpaired) electrons. The number of nitrogens with zero attached hydrogens (tertiary/aromatic N) is 1. The van der Waals surface area contributed by atoms with E-state index < -0.39 is 0 Å². The lowest BCUT2D eigenvalue weighted by molar-refractivity contribution is 0.0198. The third kappa shape index (κ3) is 2.78. The van der Waals surface area contributed by atoms with Gasteiger partial charge in [-0.05, 0) is 35.7 Å². The first-order valence-corrected chi connectivity index (χ1v) is 8.31. The average Bonchev–Trinajstić information content (AvgIpc) is 3.11. The van der Waals surface area contributed by atoms with Crippen LogP contribution in [-0.4, -0.2) is 36.2 Å². The van der Waals surface area contributed by atoms with Gasteiger partial charge in [-0.25, -0.2) is 0 Å². The second-order valence-corrected chi connectivity index (χ2v) is 6.19. The van der Waals surface area contributed by atoms with E-state index in [9.17, 15) is 0 Å². The van der Waals surface area contributed by atoms with E-state index in [2.05, 4.69) is 65.3 Å². The molecule has 3 nitrogen and oxygen atoms in total. The molecule has 2 aromatic carbocycles. The number of rotatable bonds is 3. The smallest absolute Gasteiger partial charge is 0.0594 e. The van der Waals surface area contributed by atoms with E-state index in [1.807, 2.05) is 6.20 Å². The number of fused-ring (bicyclic) bond motifs is 1. The summed E-state index contributed by atoms with van der Waals surface area (Å²) < 4.78 is 5.45. The van der Waals surface area contributed by atoms with Crippen LogP contribution in [0.1, 0.15) is 18.5 Å². The molecule has 0 spiro atoms. The van der Waals surface area contributed by atoms with Crippen LogP contribution in [0.4, 0.5) is 0 Å². The summed E-state index contributed by atoms with van der Waals surface area (Å²) in [6.07, 6.45) is 2.00. The van der Waals surface area contributed by atoms with Gasteiger partial charge in [-0.2, -0.15) is 0 Å². The Morgan fingerprint density at radius 3 is 2.57 bits per heavy atom. The molecular formula is C20H22N2O. The maximum atomic E-state index is 5.45. The second kappa shape index (κ2) is 6.19. The highest BCUT2D eigenvalue weighted by Crippen LogP contribution is 2.30. The van der Waals surface area contributed by atoms with Gasteiger partial charge in [-0.3, -0.25) is 4.90 Å². The predicted octanol–water partition coefficient (Wildman–Crippen LogP) is 4.23. The van der Waals surface area contributed by atoms with Gasteiger partial charge in [0.1, 0.15) is 0 Å². The molecule has 0 amide bonds. The second-order valence-electron chi connectivity index (χ2n) is 6.19. The van der Waals surface area contributed by atoms with Crippen LogP contribution >= 0.6 is 0 Å². The molecule has 3 aromatic rings. The molecule has 1 N–H and O–H groups in total. The summed E-state index contributed by atoms with van der Waals surface area (Å²) >= 11 is 0. The minimum atomic E-state index is 0.441. The largest absolute Gasteiger partial charge is 0.379 e. The first kappa shape index (κ1) is 14.5. The summed E-state index contributed by atoms with van der Waals surface area (Å²) in [4.78, 5) is 5.78. The minimum Gasteiger partial charge on any atom is -0.379 e. The summed E-state index contributed by atoms with van der Waals surface area (Å²) in [6, 6.07) is 18.0. The van der Waals surface area contributed by atoms with E-state index in [0.29, 0.717) is 6.04 Å². The lowest BCUT2D eigenvalue weighted by atomic mass is 9.98. The normalized spacial score (nSPS) is 17.4. The lowest BCUT2D eigenvalue weighted by Crippen LogP contribution is -2.37. The van der Waals surface area contributed by atoms with Gasteiger partial charge in [0.05, 0.1) is 13.2 Å². The fourth-order valence-corrected chi connectivity index (χ4v) is 3.45. The van der Waals surface area contributed by atoms with E-state index in [4.69, 9.17) is 4.74 Å². The predicted molar refractivity (Wildman–Crippen MR) is 94.5 cm³/mol. The zero-order valence-electron chi connectivity index (χ0n) is 13.5. The Labute approximate surface area is 136 Å². The van der Waals surface area contributed by atoms with E-state index in [1.165, 1.54) is 27.6 Å². The van der Waals surface area contributed by atoms with Crippen molar-refractivity contribution in [2.45, 2.75) is 13.0 Å². The molecule has 1 unspecified atom stereocenters. The van der Waals surface area contributed by atoms with Crippen LogP contribution in [0.5, 0.6) is 0 Å². The Balaban J connectivity index is 1.61. The van der Waals surface area contributed by atoms with Crippen molar-refractivity contribution < 1.29 is 4.74 Å². The van der Waals surface area contributed by atoms with Gasteiger partial charge >= 0.3 is 0 Å². The van der Waals surface area contributed by atoms with E-state index in [0.717, 1.165) is 26.3 Å². The van der Waals surface area contributed by atoms with Crippen LogP contribution in [0.2, 0.25) is 0 Å². The molecule has 1 aliphatic heterocycles. The summed E-state index contributed by atoms with van der Waals surface area (Å²) in [5.74, 6) is 0. The quantitative estimate of drug-likeness (QED) is 0.784. The maximum Gasteiger partial charge on any atom is 0.0594 e. The van der Waals surface area contributed by atoms with Crippen molar-refractivity contribution in [3.63, 3.8) is 0 Å². The number of morpholine rings is 1. The molecule has 1 aromatic heterocycles. The van der Waals surface area contributed by atoms with Gasteiger partial charge in [-0.15, -0.1) is 0 Å². The first-order valence-electron chi connectivity index (χ1n) is 8.31. The van der Waals surface area contributed by atoms with E-state index >= 15 is 0 Å². The topological polar surface area (TPSA) is 28.3 Å². The van der Waals surface area contributed by atoms with Gasteiger partial charge in [0.2, 0.25) is 0 Å². The molecule has 0 aliphatic carbocycles. The number of hydrogen-bond donors (Lipinski definition) is 1.